The Morgan fingerprint density at radius 3 is 2.35 bits per heavy atom. The van der Waals surface area contributed by atoms with Crippen LogP contribution in [-0.4, -0.2) is 24.0 Å². The summed E-state index contributed by atoms with van der Waals surface area (Å²) >= 11 is 0. The molecule has 110 valence electrons. The van der Waals surface area contributed by atoms with E-state index in [1.165, 1.54) is 0 Å². The van der Waals surface area contributed by atoms with Gasteiger partial charge in [0.15, 0.2) is 0 Å². The van der Waals surface area contributed by atoms with Crippen molar-refractivity contribution in [2.24, 2.45) is 11.7 Å². The molecular formula is C15H22N2O3. The molecule has 0 spiro atoms. The molecule has 1 amide bonds. The van der Waals surface area contributed by atoms with E-state index in [-0.39, 0.29) is 18.4 Å². The van der Waals surface area contributed by atoms with E-state index in [0.29, 0.717) is 0 Å². The molecule has 20 heavy (non-hydrogen) atoms. The third-order valence-corrected chi connectivity index (χ3v) is 2.96. The number of benzene rings is 1. The van der Waals surface area contributed by atoms with Gasteiger partial charge in [-0.3, -0.25) is 4.79 Å². The molecule has 0 aromatic heterocycles. The van der Waals surface area contributed by atoms with Crippen molar-refractivity contribution in [2.45, 2.75) is 39.5 Å². The van der Waals surface area contributed by atoms with Crippen LogP contribution in [0.3, 0.4) is 0 Å². The van der Waals surface area contributed by atoms with E-state index < -0.39 is 18.1 Å². The summed E-state index contributed by atoms with van der Waals surface area (Å²) < 4.78 is 5.14. The first-order chi connectivity index (χ1) is 9.41. The zero-order valence-corrected chi connectivity index (χ0v) is 12.1. The predicted octanol–water partition coefficient (Wildman–Crippen LogP) is 1.22. The molecule has 0 radical (unpaired) electrons. The molecule has 1 aromatic rings. The SMILES string of the molecule is CC(C)[C@H](N)C(=O)N[C@@H](C)C(=O)OCc1ccccc1. The summed E-state index contributed by atoms with van der Waals surface area (Å²) in [5, 5.41) is 2.56. The zero-order chi connectivity index (χ0) is 15.1. The van der Waals surface area contributed by atoms with Crippen LogP contribution in [-0.2, 0) is 20.9 Å². The number of amides is 1. The first-order valence-corrected chi connectivity index (χ1v) is 6.68. The smallest absolute Gasteiger partial charge is 0.328 e. The predicted molar refractivity (Wildman–Crippen MR) is 76.7 cm³/mol. The summed E-state index contributed by atoms with van der Waals surface area (Å²) in [6.07, 6.45) is 0. The molecule has 2 atom stereocenters. The van der Waals surface area contributed by atoms with E-state index in [1.54, 1.807) is 6.92 Å². The lowest BCUT2D eigenvalue weighted by molar-refractivity contribution is -0.148. The Hall–Kier alpha value is -1.88. The first-order valence-electron chi connectivity index (χ1n) is 6.68. The first kappa shape index (κ1) is 16.2. The molecule has 0 unspecified atom stereocenters. The highest BCUT2D eigenvalue weighted by molar-refractivity contribution is 5.87. The highest BCUT2D eigenvalue weighted by Gasteiger charge is 2.22. The lowest BCUT2D eigenvalue weighted by Crippen LogP contribution is -2.49. The van der Waals surface area contributed by atoms with Gasteiger partial charge in [0.05, 0.1) is 6.04 Å². The summed E-state index contributed by atoms with van der Waals surface area (Å²) in [6.45, 7) is 5.47. The van der Waals surface area contributed by atoms with E-state index in [0.717, 1.165) is 5.56 Å². The Morgan fingerprint density at radius 2 is 1.80 bits per heavy atom. The maximum Gasteiger partial charge on any atom is 0.328 e. The number of hydrogen-bond donors (Lipinski definition) is 2. The minimum Gasteiger partial charge on any atom is -0.459 e. The van der Waals surface area contributed by atoms with Gasteiger partial charge in [0, 0.05) is 0 Å². The van der Waals surface area contributed by atoms with Crippen molar-refractivity contribution in [2.75, 3.05) is 0 Å². The number of nitrogens with two attached hydrogens (primary N) is 1. The molecular weight excluding hydrogens is 256 g/mol. The molecule has 1 rings (SSSR count). The van der Waals surface area contributed by atoms with E-state index in [2.05, 4.69) is 5.32 Å². The molecule has 0 bridgehead atoms. The summed E-state index contributed by atoms with van der Waals surface area (Å²) in [7, 11) is 0. The van der Waals surface area contributed by atoms with Crippen molar-refractivity contribution in [3.8, 4) is 0 Å². The van der Waals surface area contributed by atoms with Gasteiger partial charge >= 0.3 is 5.97 Å². The molecule has 5 nitrogen and oxygen atoms in total. The van der Waals surface area contributed by atoms with Crippen LogP contribution in [0.25, 0.3) is 0 Å². The fourth-order valence-corrected chi connectivity index (χ4v) is 1.52. The summed E-state index contributed by atoms with van der Waals surface area (Å²) in [4.78, 5) is 23.5. The van der Waals surface area contributed by atoms with Crippen molar-refractivity contribution < 1.29 is 14.3 Å². The van der Waals surface area contributed by atoms with Crippen LogP contribution < -0.4 is 11.1 Å². The minimum atomic E-state index is -0.712. The standard InChI is InChI=1S/C15H22N2O3/c1-10(2)13(16)14(18)17-11(3)15(19)20-9-12-7-5-4-6-8-12/h4-8,10-11,13H,9,16H2,1-3H3,(H,17,18)/t11-,13-/m0/s1. The topological polar surface area (TPSA) is 81.4 Å². The van der Waals surface area contributed by atoms with Gasteiger partial charge in [0.25, 0.3) is 0 Å². The fraction of sp³-hybridized carbons (Fsp3) is 0.467. The molecule has 0 saturated carbocycles. The number of esters is 1. The molecule has 0 aliphatic carbocycles. The third-order valence-electron chi connectivity index (χ3n) is 2.96. The number of hydrogen-bond acceptors (Lipinski definition) is 4. The molecule has 1 aromatic carbocycles. The number of nitrogens with one attached hydrogen (secondary N) is 1. The quantitative estimate of drug-likeness (QED) is 0.767. The molecule has 0 aliphatic rings. The lowest BCUT2D eigenvalue weighted by atomic mass is 10.0. The second-order valence-electron chi connectivity index (χ2n) is 5.09. The Labute approximate surface area is 119 Å². The van der Waals surface area contributed by atoms with E-state index >= 15 is 0 Å². The van der Waals surface area contributed by atoms with Gasteiger partial charge in [0.1, 0.15) is 12.6 Å². The third kappa shape index (κ3) is 5.01. The Bertz CT molecular complexity index is 446. The highest BCUT2D eigenvalue weighted by atomic mass is 16.5. The van der Waals surface area contributed by atoms with Crippen LogP contribution in [0.5, 0.6) is 0 Å². The highest BCUT2D eigenvalue weighted by Crippen LogP contribution is 2.03. The van der Waals surface area contributed by atoms with Gasteiger partial charge < -0.3 is 15.8 Å². The van der Waals surface area contributed by atoms with Crippen molar-refractivity contribution in [3.63, 3.8) is 0 Å². The maximum absolute atomic E-state index is 11.8. The second kappa shape index (κ2) is 7.65. The second-order valence-corrected chi connectivity index (χ2v) is 5.09. The Kier molecular flexibility index (Phi) is 6.18. The lowest BCUT2D eigenvalue weighted by Gasteiger charge is -2.18. The fourth-order valence-electron chi connectivity index (χ4n) is 1.52. The van der Waals surface area contributed by atoms with E-state index in [1.807, 2.05) is 44.2 Å². The van der Waals surface area contributed by atoms with E-state index in [4.69, 9.17) is 10.5 Å². The summed E-state index contributed by atoms with van der Waals surface area (Å²) in [5.41, 5.74) is 6.61. The van der Waals surface area contributed by atoms with Crippen molar-refractivity contribution in [1.29, 1.82) is 0 Å². The molecule has 0 aliphatic heterocycles. The molecule has 0 fully saturated rings. The zero-order valence-electron chi connectivity index (χ0n) is 12.1. The van der Waals surface area contributed by atoms with Crippen molar-refractivity contribution in [1.82, 2.24) is 5.32 Å². The number of rotatable bonds is 6. The molecule has 0 heterocycles. The average Bonchev–Trinajstić information content (AvgIpc) is 2.44. The Morgan fingerprint density at radius 1 is 1.20 bits per heavy atom. The van der Waals surface area contributed by atoms with Gasteiger partial charge in [0.2, 0.25) is 5.91 Å². The number of carbonyl (C=O) groups excluding carboxylic acids is 2. The van der Waals surface area contributed by atoms with E-state index in [9.17, 15) is 9.59 Å². The van der Waals surface area contributed by atoms with Gasteiger partial charge in [-0.2, -0.15) is 0 Å². The van der Waals surface area contributed by atoms with Crippen LogP contribution in [0.1, 0.15) is 26.3 Å². The molecule has 0 saturated heterocycles. The average molecular weight is 278 g/mol. The monoisotopic (exact) mass is 278 g/mol. The van der Waals surface area contributed by atoms with Gasteiger partial charge in [-0.1, -0.05) is 44.2 Å². The maximum atomic E-state index is 11.8. The number of carbonyl (C=O) groups is 2. The van der Waals surface area contributed by atoms with Crippen molar-refractivity contribution in [3.05, 3.63) is 35.9 Å². The summed E-state index contributed by atoms with van der Waals surface area (Å²) in [6, 6.07) is 8.03. The summed E-state index contributed by atoms with van der Waals surface area (Å²) in [5.74, 6) is -0.801. The van der Waals surface area contributed by atoms with Crippen LogP contribution in [0, 0.1) is 5.92 Å². The van der Waals surface area contributed by atoms with Gasteiger partial charge in [-0.25, -0.2) is 4.79 Å². The minimum absolute atomic E-state index is 0.0162. The number of ether oxygens (including phenoxy) is 1. The largest absolute Gasteiger partial charge is 0.459 e. The van der Waals surface area contributed by atoms with Crippen LogP contribution in [0.2, 0.25) is 0 Å². The molecule has 3 N–H and O–H groups in total. The van der Waals surface area contributed by atoms with Crippen molar-refractivity contribution >= 4 is 11.9 Å². The van der Waals surface area contributed by atoms with Gasteiger partial charge in [-0.05, 0) is 18.4 Å². The Balaban J connectivity index is 2.41. The van der Waals surface area contributed by atoms with Gasteiger partial charge in [-0.15, -0.1) is 0 Å². The molecule has 5 heteroatoms. The van der Waals surface area contributed by atoms with Crippen LogP contribution in [0.4, 0.5) is 0 Å². The van der Waals surface area contributed by atoms with Crippen LogP contribution in [0.15, 0.2) is 30.3 Å². The van der Waals surface area contributed by atoms with Crippen LogP contribution >= 0.6 is 0 Å². The normalized spacial score (nSPS) is 13.7.